The molecule has 0 saturated heterocycles. The van der Waals surface area contributed by atoms with E-state index >= 15 is 0 Å². The van der Waals surface area contributed by atoms with Gasteiger partial charge in [-0.25, -0.2) is 4.79 Å². The van der Waals surface area contributed by atoms with Crippen LogP contribution in [0.2, 0.25) is 0 Å². The lowest BCUT2D eigenvalue weighted by Gasteiger charge is -2.24. The molecule has 0 fully saturated rings. The fraction of sp³-hybridized carbons (Fsp3) is 0.950. The normalized spacial score (nSPS) is 12.8. The van der Waals surface area contributed by atoms with Crippen molar-refractivity contribution in [3.8, 4) is 0 Å². The van der Waals surface area contributed by atoms with Crippen molar-refractivity contribution in [3.05, 3.63) is 0 Å². The van der Waals surface area contributed by atoms with E-state index in [1.807, 2.05) is 20.8 Å². The van der Waals surface area contributed by atoms with Gasteiger partial charge in [-0.2, -0.15) is 0 Å². The van der Waals surface area contributed by atoms with Gasteiger partial charge in [0.1, 0.15) is 5.60 Å². The maximum atomic E-state index is 12.0. The fourth-order valence-corrected chi connectivity index (χ4v) is 2.66. The van der Waals surface area contributed by atoms with Crippen LogP contribution in [0.15, 0.2) is 0 Å². The number of alkyl carbamates (subject to hydrolysis) is 1. The summed E-state index contributed by atoms with van der Waals surface area (Å²) in [6, 6.07) is 0.0399. The van der Waals surface area contributed by atoms with Crippen molar-refractivity contribution in [2.75, 3.05) is 52.4 Å². The van der Waals surface area contributed by atoms with Gasteiger partial charge in [-0.15, -0.1) is 0 Å². The first-order valence-corrected chi connectivity index (χ1v) is 10.9. The highest BCUT2D eigenvalue weighted by Gasteiger charge is 2.19. The molecule has 0 spiro atoms. The quantitative estimate of drug-likeness (QED) is 0.188. The largest absolute Gasteiger partial charge is 0.444 e. The van der Waals surface area contributed by atoms with Crippen LogP contribution in [0.4, 0.5) is 4.79 Å². The molecule has 28 heavy (non-hydrogen) atoms. The van der Waals surface area contributed by atoms with Crippen molar-refractivity contribution < 1.29 is 9.53 Å². The summed E-state index contributed by atoms with van der Waals surface area (Å²) in [5, 5.41) is 13.2. The molecule has 0 saturated carbocycles. The molecular weight excluding hydrogens is 356 g/mol. The number of carbonyl (C=O) groups is 1. The molecule has 0 aliphatic carbocycles. The molecule has 0 unspecified atom stereocenters. The summed E-state index contributed by atoms with van der Waals surface area (Å²) in [4.78, 5) is 12.0. The third-order valence-corrected chi connectivity index (χ3v) is 4.09. The number of rotatable bonds is 18. The third-order valence-electron chi connectivity index (χ3n) is 4.09. The summed E-state index contributed by atoms with van der Waals surface area (Å²) < 4.78 is 5.34. The van der Waals surface area contributed by atoms with Gasteiger partial charge >= 0.3 is 6.09 Å². The van der Waals surface area contributed by atoms with Crippen LogP contribution in [-0.2, 0) is 4.74 Å². The Kier molecular flexibility index (Phi) is 17.5. The van der Waals surface area contributed by atoms with Gasteiger partial charge in [-0.3, -0.25) is 0 Å². The van der Waals surface area contributed by atoms with Crippen LogP contribution in [-0.4, -0.2) is 70.1 Å². The SMILES string of the molecule is CC(C)(C)OC(=O)N[C@@H](CCCN)CNCCCNCCCCNCCCN. The Bertz CT molecular complexity index is 363. The zero-order valence-electron chi connectivity index (χ0n) is 18.4. The number of nitrogens with one attached hydrogen (secondary N) is 4. The van der Waals surface area contributed by atoms with Crippen LogP contribution < -0.4 is 32.7 Å². The Hall–Kier alpha value is -0.930. The second-order valence-electron chi connectivity index (χ2n) is 8.18. The molecule has 0 aromatic heterocycles. The average Bonchev–Trinajstić information content (AvgIpc) is 2.61. The molecular formula is C20H46N6O2. The van der Waals surface area contributed by atoms with Gasteiger partial charge in [0.05, 0.1) is 0 Å². The highest BCUT2D eigenvalue weighted by atomic mass is 16.6. The second-order valence-corrected chi connectivity index (χ2v) is 8.18. The van der Waals surface area contributed by atoms with Crippen LogP contribution in [0.25, 0.3) is 0 Å². The lowest BCUT2D eigenvalue weighted by molar-refractivity contribution is 0.0501. The van der Waals surface area contributed by atoms with Gasteiger partial charge in [0.25, 0.3) is 0 Å². The van der Waals surface area contributed by atoms with Crippen molar-refractivity contribution in [1.29, 1.82) is 0 Å². The molecule has 168 valence electrons. The molecule has 0 aliphatic heterocycles. The summed E-state index contributed by atoms with van der Waals surface area (Å²) in [5.74, 6) is 0. The molecule has 8 N–H and O–H groups in total. The van der Waals surface area contributed by atoms with Crippen LogP contribution >= 0.6 is 0 Å². The minimum absolute atomic E-state index is 0.0399. The van der Waals surface area contributed by atoms with E-state index in [-0.39, 0.29) is 12.1 Å². The first kappa shape index (κ1) is 27.1. The second kappa shape index (κ2) is 18.1. The maximum absolute atomic E-state index is 12.0. The minimum atomic E-state index is -0.484. The number of hydrogen-bond donors (Lipinski definition) is 6. The van der Waals surface area contributed by atoms with Gasteiger partial charge in [0, 0.05) is 12.6 Å². The fourth-order valence-electron chi connectivity index (χ4n) is 2.66. The smallest absolute Gasteiger partial charge is 0.407 e. The predicted octanol–water partition coefficient (Wildman–Crippen LogP) is 0.907. The minimum Gasteiger partial charge on any atom is -0.444 e. The van der Waals surface area contributed by atoms with Gasteiger partial charge in [0.2, 0.25) is 0 Å². The lowest BCUT2D eigenvalue weighted by atomic mass is 10.1. The van der Waals surface area contributed by atoms with Crippen molar-refractivity contribution in [1.82, 2.24) is 21.3 Å². The van der Waals surface area contributed by atoms with Gasteiger partial charge in [-0.1, -0.05) is 0 Å². The summed E-state index contributed by atoms with van der Waals surface area (Å²) in [7, 11) is 0. The van der Waals surface area contributed by atoms with E-state index in [4.69, 9.17) is 16.2 Å². The number of unbranched alkanes of at least 4 members (excludes halogenated alkanes) is 1. The van der Waals surface area contributed by atoms with Crippen molar-refractivity contribution in [2.45, 2.75) is 70.9 Å². The van der Waals surface area contributed by atoms with Gasteiger partial charge in [-0.05, 0) is 105 Å². The standard InChI is InChI=1S/C20H46N6O2/c1-20(2,3)28-19(27)26-18(9-6-10-21)17-25-16-8-15-24-13-5-4-12-23-14-7-11-22/h18,23-25H,4-17,21-22H2,1-3H3,(H,26,27)/t18-/m0/s1. The van der Waals surface area contributed by atoms with Crippen LogP contribution in [0.1, 0.15) is 59.3 Å². The number of nitrogens with two attached hydrogens (primary N) is 2. The van der Waals surface area contributed by atoms with E-state index in [9.17, 15) is 4.79 Å². The van der Waals surface area contributed by atoms with Crippen LogP contribution in [0.3, 0.4) is 0 Å². The van der Waals surface area contributed by atoms with Crippen LogP contribution in [0, 0.1) is 0 Å². The number of ether oxygens (including phenoxy) is 1. The van der Waals surface area contributed by atoms with Crippen molar-refractivity contribution in [3.63, 3.8) is 0 Å². The summed E-state index contributed by atoms with van der Waals surface area (Å²) in [6.45, 7) is 12.8. The monoisotopic (exact) mass is 402 g/mol. The number of hydrogen-bond acceptors (Lipinski definition) is 7. The lowest BCUT2D eigenvalue weighted by Crippen LogP contribution is -2.44. The molecule has 0 bridgehead atoms. The summed E-state index contributed by atoms with van der Waals surface area (Å²) >= 11 is 0. The maximum Gasteiger partial charge on any atom is 0.407 e. The van der Waals surface area contributed by atoms with E-state index in [1.165, 1.54) is 12.8 Å². The van der Waals surface area contributed by atoms with Gasteiger partial charge in [0.15, 0.2) is 0 Å². The first-order valence-electron chi connectivity index (χ1n) is 10.9. The molecule has 8 nitrogen and oxygen atoms in total. The molecule has 0 aromatic rings. The molecule has 0 aliphatic rings. The van der Waals surface area contributed by atoms with Crippen molar-refractivity contribution >= 4 is 6.09 Å². The van der Waals surface area contributed by atoms with E-state index in [1.54, 1.807) is 0 Å². The zero-order chi connectivity index (χ0) is 21.1. The third kappa shape index (κ3) is 19.8. The number of carbonyl (C=O) groups excluding carboxylic acids is 1. The van der Waals surface area contributed by atoms with Crippen molar-refractivity contribution in [2.24, 2.45) is 11.5 Å². The molecule has 1 amide bonds. The highest BCUT2D eigenvalue weighted by molar-refractivity contribution is 5.68. The molecule has 0 aromatic carbocycles. The van der Waals surface area contributed by atoms with E-state index in [2.05, 4.69) is 21.3 Å². The Morgan fingerprint density at radius 2 is 1.36 bits per heavy atom. The van der Waals surface area contributed by atoms with E-state index in [0.717, 1.165) is 71.5 Å². The highest BCUT2D eigenvalue weighted by Crippen LogP contribution is 2.07. The zero-order valence-corrected chi connectivity index (χ0v) is 18.4. The Labute approximate surface area is 172 Å². The average molecular weight is 403 g/mol. The Balaban J connectivity index is 3.67. The van der Waals surface area contributed by atoms with Crippen LogP contribution in [0.5, 0.6) is 0 Å². The molecule has 0 radical (unpaired) electrons. The predicted molar refractivity (Wildman–Crippen MR) is 118 cm³/mol. The molecule has 1 atom stereocenters. The van der Waals surface area contributed by atoms with E-state index in [0.29, 0.717) is 6.54 Å². The topological polar surface area (TPSA) is 126 Å². The Morgan fingerprint density at radius 3 is 1.93 bits per heavy atom. The number of amides is 1. The molecule has 0 rings (SSSR count). The molecule has 0 heterocycles. The molecule has 8 heteroatoms. The first-order chi connectivity index (χ1) is 13.4. The summed E-state index contributed by atoms with van der Waals surface area (Å²) in [6.07, 6.45) is 5.84. The summed E-state index contributed by atoms with van der Waals surface area (Å²) in [5.41, 5.74) is 10.6. The van der Waals surface area contributed by atoms with E-state index < -0.39 is 5.60 Å². The van der Waals surface area contributed by atoms with Gasteiger partial charge < -0.3 is 37.5 Å². The Morgan fingerprint density at radius 1 is 0.821 bits per heavy atom.